The van der Waals surface area contributed by atoms with Crippen LogP contribution in [0.5, 0.6) is 5.06 Å². The highest BCUT2D eigenvalue weighted by molar-refractivity contribution is 7.98. The number of pyridine rings is 1. The third-order valence-corrected chi connectivity index (χ3v) is 5.43. The lowest BCUT2D eigenvalue weighted by Crippen LogP contribution is -2.16. The number of benzene rings is 1. The summed E-state index contributed by atoms with van der Waals surface area (Å²) in [5, 5.41) is 1.14. The SMILES string of the molecule is CCc1cc(-c2ccc(SC)cc2)nc2sc(OC(N)=O)c(N)c12. The maximum absolute atomic E-state index is 11.0. The topological polar surface area (TPSA) is 91.2 Å². The van der Waals surface area contributed by atoms with Gasteiger partial charge < -0.3 is 16.2 Å². The number of nitrogens with two attached hydrogens (primary N) is 2. The van der Waals surface area contributed by atoms with Gasteiger partial charge in [0, 0.05) is 15.8 Å². The first-order chi connectivity index (χ1) is 11.5. The van der Waals surface area contributed by atoms with Crippen LogP contribution in [0.1, 0.15) is 12.5 Å². The number of primary amides is 1. The third kappa shape index (κ3) is 3.05. The lowest BCUT2D eigenvalue weighted by atomic mass is 10.0. The Balaban J connectivity index is 2.15. The Hall–Kier alpha value is -2.25. The van der Waals surface area contributed by atoms with Gasteiger partial charge in [0.1, 0.15) is 4.83 Å². The van der Waals surface area contributed by atoms with Crippen LogP contribution in [0.25, 0.3) is 21.5 Å². The van der Waals surface area contributed by atoms with Crippen LogP contribution < -0.4 is 16.2 Å². The normalized spacial score (nSPS) is 10.9. The summed E-state index contributed by atoms with van der Waals surface area (Å²) in [5.41, 5.74) is 14.6. The van der Waals surface area contributed by atoms with Crippen molar-refractivity contribution in [2.75, 3.05) is 12.0 Å². The van der Waals surface area contributed by atoms with Crippen molar-refractivity contribution < 1.29 is 9.53 Å². The molecule has 2 aromatic heterocycles. The van der Waals surface area contributed by atoms with Crippen molar-refractivity contribution in [2.45, 2.75) is 18.2 Å². The zero-order chi connectivity index (χ0) is 17.3. The average Bonchev–Trinajstić information content (AvgIpc) is 2.89. The molecular weight excluding hydrogens is 342 g/mol. The van der Waals surface area contributed by atoms with Gasteiger partial charge in [-0.25, -0.2) is 9.78 Å². The monoisotopic (exact) mass is 359 g/mol. The van der Waals surface area contributed by atoms with Crippen molar-refractivity contribution in [3.63, 3.8) is 0 Å². The van der Waals surface area contributed by atoms with E-state index in [1.807, 2.05) is 12.3 Å². The molecule has 0 atom stereocenters. The molecule has 0 saturated heterocycles. The molecule has 0 spiro atoms. The number of nitrogens with zero attached hydrogens (tertiary/aromatic N) is 1. The maximum Gasteiger partial charge on any atom is 0.410 e. The van der Waals surface area contributed by atoms with E-state index >= 15 is 0 Å². The van der Waals surface area contributed by atoms with E-state index in [1.165, 1.54) is 16.2 Å². The minimum atomic E-state index is -0.876. The number of hydrogen-bond acceptors (Lipinski definition) is 6. The number of ether oxygens (including phenoxy) is 1. The number of fused-ring (bicyclic) bond motifs is 1. The van der Waals surface area contributed by atoms with Crippen LogP contribution in [0.2, 0.25) is 0 Å². The Labute approximate surface area is 148 Å². The first-order valence-corrected chi connectivity index (χ1v) is 9.41. The number of carbonyl (C=O) groups excluding carboxylic acids is 1. The van der Waals surface area contributed by atoms with E-state index in [1.54, 1.807) is 11.8 Å². The average molecular weight is 359 g/mol. The number of aryl methyl sites for hydroxylation is 1. The smallest absolute Gasteiger partial charge is 0.397 e. The highest BCUT2D eigenvalue weighted by atomic mass is 32.2. The van der Waals surface area contributed by atoms with E-state index in [0.717, 1.165) is 33.5 Å². The summed E-state index contributed by atoms with van der Waals surface area (Å²) in [6, 6.07) is 10.3. The number of amides is 1. The van der Waals surface area contributed by atoms with Crippen molar-refractivity contribution >= 4 is 45.1 Å². The van der Waals surface area contributed by atoms with Crippen LogP contribution in [0, 0.1) is 0 Å². The molecular formula is C17H17N3O2S2. The van der Waals surface area contributed by atoms with Crippen LogP contribution in [0.3, 0.4) is 0 Å². The van der Waals surface area contributed by atoms with E-state index in [2.05, 4.69) is 31.2 Å². The van der Waals surface area contributed by atoms with Crippen LogP contribution >= 0.6 is 23.1 Å². The number of hydrogen-bond donors (Lipinski definition) is 2. The zero-order valence-corrected chi connectivity index (χ0v) is 15.0. The van der Waals surface area contributed by atoms with Gasteiger partial charge in [0.2, 0.25) is 5.06 Å². The molecule has 0 aliphatic rings. The predicted octanol–water partition coefficient (Wildman–Crippen LogP) is 4.29. The minimum Gasteiger partial charge on any atom is -0.397 e. The van der Waals surface area contributed by atoms with Gasteiger partial charge in [-0.1, -0.05) is 30.4 Å². The Morgan fingerprint density at radius 3 is 2.62 bits per heavy atom. The molecule has 0 fully saturated rings. The number of aromatic nitrogens is 1. The molecule has 2 heterocycles. The quantitative estimate of drug-likeness (QED) is 0.678. The Morgan fingerprint density at radius 2 is 2.04 bits per heavy atom. The van der Waals surface area contributed by atoms with Gasteiger partial charge in [-0.15, -0.1) is 11.8 Å². The highest BCUT2D eigenvalue weighted by Crippen LogP contribution is 2.42. The van der Waals surface area contributed by atoms with Crippen LogP contribution in [0.4, 0.5) is 10.5 Å². The van der Waals surface area contributed by atoms with E-state index in [9.17, 15) is 4.79 Å². The van der Waals surface area contributed by atoms with Crippen molar-refractivity contribution in [3.8, 4) is 16.3 Å². The summed E-state index contributed by atoms with van der Waals surface area (Å²) in [5.74, 6) is 0. The molecule has 0 saturated carbocycles. The Bertz CT molecular complexity index is 904. The van der Waals surface area contributed by atoms with Gasteiger partial charge >= 0.3 is 6.09 Å². The van der Waals surface area contributed by atoms with Crippen LogP contribution in [0.15, 0.2) is 35.2 Å². The Morgan fingerprint density at radius 1 is 1.33 bits per heavy atom. The van der Waals surface area contributed by atoms with E-state index in [4.69, 9.17) is 21.2 Å². The third-order valence-electron chi connectivity index (χ3n) is 3.71. The molecule has 0 radical (unpaired) electrons. The fourth-order valence-corrected chi connectivity index (χ4v) is 3.94. The van der Waals surface area contributed by atoms with Crippen molar-refractivity contribution in [1.29, 1.82) is 0 Å². The van der Waals surface area contributed by atoms with Crippen molar-refractivity contribution in [1.82, 2.24) is 4.98 Å². The molecule has 24 heavy (non-hydrogen) atoms. The number of carbonyl (C=O) groups is 1. The molecule has 5 nitrogen and oxygen atoms in total. The molecule has 124 valence electrons. The summed E-state index contributed by atoms with van der Waals surface area (Å²) < 4.78 is 4.99. The Kier molecular flexibility index (Phi) is 4.64. The number of thiophene rings is 1. The molecule has 0 bridgehead atoms. The summed E-state index contributed by atoms with van der Waals surface area (Å²) >= 11 is 2.93. The predicted molar refractivity (Wildman–Crippen MR) is 101 cm³/mol. The molecule has 1 amide bonds. The summed E-state index contributed by atoms with van der Waals surface area (Å²) in [6.45, 7) is 2.06. The first-order valence-electron chi connectivity index (χ1n) is 7.37. The molecule has 0 unspecified atom stereocenters. The molecule has 7 heteroatoms. The molecule has 3 aromatic rings. The fraction of sp³-hybridized carbons (Fsp3) is 0.176. The molecule has 0 aliphatic heterocycles. The number of rotatable bonds is 4. The van der Waals surface area contributed by atoms with Crippen LogP contribution in [-0.2, 0) is 6.42 Å². The molecule has 4 N–H and O–H groups in total. The maximum atomic E-state index is 11.0. The largest absolute Gasteiger partial charge is 0.410 e. The van der Waals surface area contributed by atoms with Crippen LogP contribution in [-0.4, -0.2) is 17.3 Å². The van der Waals surface area contributed by atoms with E-state index in [0.29, 0.717) is 10.8 Å². The van der Waals surface area contributed by atoms with E-state index < -0.39 is 6.09 Å². The van der Waals surface area contributed by atoms with Gasteiger partial charge in [0.15, 0.2) is 0 Å². The minimum absolute atomic E-state index is 0.301. The second kappa shape index (κ2) is 6.70. The fourth-order valence-electron chi connectivity index (χ4n) is 2.53. The summed E-state index contributed by atoms with van der Waals surface area (Å²) in [4.78, 5) is 17.7. The molecule has 1 aromatic carbocycles. The second-order valence-corrected chi connectivity index (χ2v) is 6.99. The lowest BCUT2D eigenvalue weighted by molar-refractivity contribution is 0.212. The van der Waals surface area contributed by atoms with Gasteiger partial charge in [0.05, 0.1) is 11.4 Å². The highest BCUT2D eigenvalue weighted by Gasteiger charge is 2.18. The number of nitrogen functional groups attached to an aromatic ring is 1. The first kappa shape index (κ1) is 16.6. The van der Waals surface area contributed by atoms with Gasteiger partial charge in [-0.05, 0) is 36.4 Å². The standard InChI is InChI=1S/C17H17N3O2S2/c1-3-9-8-12(10-4-6-11(23-2)7-5-10)20-15-13(9)14(18)16(24-15)22-17(19)21/h4-8H,3,18H2,1-2H3,(H2,19,21). The molecule has 3 rings (SSSR count). The van der Waals surface area contributed by atoms with Gasteiger partial charge in [0.25, 0.3) is 0 Å². The van der Waals surface area contributed by atoms with Gasteiger partial charge in [-0.2, -0.15) is 0 Å². The lowest BCUT2D eigenvalue weighted by Gasteiger charge is -2.07. The molecule has 0 aliphatic carbocycles. The number of thioether (sulfide) groups is 1. The van der Waals surface area contributed by atoms with Crippen molar-refractivity contribution in [2.24, 2.45) is 5.73 Å². The van der Waals surface area contributed by atoms with Crippen molar-refractivity contribution in [3.05, 3.63) is 35.9 Å². The summed E-state index contributed by atoms with van der Waals surface area (Å²) in [7, 11) is 0. The van der Waals surface area contributed by atoms with Gasteiger partial charge in [-0.3, -0.25) is 0 Å². The number of anilines is 1. The summed E-state index contributed by atoms with van der Waals surface area (Å²) in [6.07, 6.45) is 1.97. The van der Waals surface area contributed by atoms with E-state index in [-0.39, 0.29) is 0 Å². The second-order valence-electron chi connectivity index (χ2n) is 5.15. The zero-order valence-electron chi connectivity index (χ0n) is 13.3.